The molecule has 0 amide bonds. The summed E-state index contributed by atoms with van der Waals surface area (Å²) in [6, 6.07) is 7.16. The van der Waals surface area contributed by atoms with Gasteiger partial charge in [-0.3, -0.25) is 0 Å². The molecule has 2 aliphatic heterocycles. The highest BCUT2D eigenvalue weighted by molar-refractivity contribution is 5.37. The molecule has 2 atom stereocenters. The first-order chi connectivity index (χ1) is 9.01. The van der Waals surface area contributed by atoms with Gasteiger partial charge < -0.3 is 14.7 Å². The topological polar surface area (TPSA) is 32.7 Å². The molecule has 1 aromatic rings. The minimum atomic E-state index is -0.683. The number of hydrogen-bond acceptors (Lipinski definition) is 3. The lowest BCUT2D eigenvalue weighted by molar-refractivity contribution is -0.0494. The van der Waals surface area contributed by atoms with Gasteiger partial charge in [-0.15, -0.1) is 0 Å². The third kappa shape index (κ3) is 2.15. The van der Waals surface area contributed by atoms with Gasteiger partial charge in [0.05, 0.1) is 12.7 Å². The molecule has 1 N–H and O–H groups in total. The third-order valence-corrected chi connectivity index (χ3v) is 4.96. The number of benzene rings is 1. The van der Waals surface area contributed by atoms with Crippen LogP contribution >= 0.6 is 0 Å². The molecule has 104 valence electrons. The van der Waals surface area contributed by atoms with E-state index in [1.54, 1.807) is 7.11 Å². The molecule has 2 aliphatic rings. The van der Waals surface area contributed by atoms with Crippen molar-refractivity contribution < 1.29 is 9.84 Å². The molecule has 2 fully saturated rings. The van der Waals surface area contributed by atoms with Gasteiger partial charge in [0.1, 0.15) is 5.75 Å². The van der Waals surface area contributed by atoms with E-state index in [4.69, 9.17) is 4.74 Å². The van der Waals surface area contributed by atoms with Gasteiger partial charge in [-0.25, -0.2) is 0 Å². The predicted octanol–water partition coefficient (Wildman–Crippen LogP) is 2.45. The molecule has 3 heteroatoms. The fourth-order valence-corrected chi connectivity index (χ4v) is 3.82. The number of fused-ring (bicyclic) bond motifs is 2. The van der Waals surface area contributed by atoms with E-state index in [1.807, 2.05) is 12.1 Å². The second kappa shape index (κ2) is 4.50. The summed E-state index contributed by atoms with van der Waals surface area (Å²) in [5.74, 6) is 0.842. The zero-order valence-electron chi connectivity index (χ0n) is 12.0. The van der Waals surface area contributed by atoms with Crippen molar-refractivity contribution in [2.24, 2.45) is 0 Å². The number of aliphatic hydroxyl groups is 1. The first-order valence-electron chi connectivity index (χ1n) is 7.12. The fraction of sp³-hybridized carbons (Fsp3) is 0.625. The number of aryl methyl sites for hydroxylation is 1. The maximum absolute atomic E-state index is 11.1. The highest BCUT2D eigenvalue weighted by Crippen LogP contribution is 2.45. The lowest BCUT2D eigenvalue weighted by Crippen LogP contribution is -2.47. The fourth-order valence-electron chi connectivity index (χ4n) is 3.82. The molecule has 0 radical (unpaired) electrons. The lowest BCUT2D eigenvalue weighted by Gasteiger charge is -2.42. The number of methoxy groups -OCH3 is 1. The standard InChI is InChI=1S/C16H23NO2/c1-11-6-12(8-15(7-11)19-3)16(18)9-13-4-5-14(10-16)17(13)2/h6-8,13-14,18H,4-5,9-10H2,1-3H3. The number of ether oxygens (including phenoxy) is 1. The Balaban J connectivity index is 1.95. The molecule has 0 aromatic heterocycles. The lowest BCUT2D eigenvalue weighted by atomic mass is 9.80. The number of piperidine rings is 1. The minimum Gasteiger partial charge on any atom is -0.497 e. The van der Waals surface area contributed by atoms with Crippen molar-refractivity contribution in [3.05, 3.63) is 29.3 Å². The highest BCUT2D eigenvalue weighted by Gasteiger charge is 2.46. The van der Waals surface area contributed by atoms with E-state index in [0.717, 1.165) is 29.7 Å². The molecule has 3 rings (SSSR count). The van der Waals surface area contributed by atoms with Gasteiger partial charge in [0.25, 0.3) is 0 Å². The van der Waals surface area contributed by atoms with Crippen LogP contribution < -0.4 is 4.74 Å². The molecule has 1 aromatic carbocycles. The average molecular weight is 261 g/mol. The minimum absolute atomic E-state index is 0.523. The largest absolute Gasteiger partial charge is 0.497 e. The molecule has 0 aliphatic carbocycles. The number of nitrogens with zero attached hydrogens (tertiary/aromatic N) is 1. The van der Waals surface area contributed by atoms with Gasteiger partial charge in [0.2, 0.25) is 0 Å². The molecule has 2 saturated heterocycles. The van der Waals surface area contributed by atoms with E-state index >= 15 is 0 Å². The van der Waals surface area contributed by atoms with Crippen molar-refractivity contribution >= 4 is 0 Å². The average Bonchev–Trinajstić information content (AvgIpc) is 2.62. The summed E-state index contributed by atoms with van der Waals surface area (Å²) in [5, 5.41) is 11.1. The van der Waals surface area contributed by atoms with Gasteiger partial charge in [0, 0.05) is 12.1 Å². The van der Waals surface area contributed by atoms with Crippen molar-refractivity contribution in [3.8, 4) is 5.75 Å². The molecule has 2 bridgehead atoms. The van der Waals surface area contributed by atoms with Gasteiger partial charge in [-0.2, -0.15) is 0 Å². The Hall–Kier alpha value is -1.06. The maximum atomic E-state index is 11.1. The van der Waals surface area contributed by atoms with Gasteiger partial charge in [-0.1, -0.05) is 6.07 Å². The van der Waals surface area contributed by atoms with E-state index < -0.39 is 5.60 Å². The van der Waals surface area contributed by atoms with Crippen molar-refractivity contribution in [2.45, 2.75) is 50.3 Å². The summed E-state index contributed by atoms with van der Waals surface area (Å²) < 4.78 is 5.34. The first kappa shape index (κ1) is 12.9. The quantitative estimate of drug-likeness (QED) is 0.887. The smallest absolute Gasteiger partial charge is 0.119 e. The van der Waals surface area contributed by atoms with Crippen LogP contribution in [0.4, 0.5) is 0 Å². The van der Waals surface area contributed by atoms with Crippen LogP contribution in [-0.4, -0.2) is 36.2 Å². The molecule has 2 heterocycles. The summed E-state index contributed by atoms with van der Waals surface area (Å²) in [6.07, 6.45) is 4.11. The summed E-state index contributed by atoms with van der Waals surface area (Å²) in [4.78, 5) is 2.45. The Morgan fingerprint density at radius 1 is 1.21 bits per heavy atom. The van der Waals surface area contributed by atoms with Crippen LogP contribution in [0.15, 0.2) is 18.2 Å². The Morgan fingerprint density at radius 2 is 1.84 bits per heavy atom. The van der Waals surface area contributed by atoms with E-state index in [9.17, 15) is 5.11 Å². The van der Waals surface area contributed by atoms with Crippen molar-refractivity contribution in [2.75, 3.05) is 14.2 Å². The summed E-state index contributed by atoms with van der Waals surface area (Å²) in [7, 11) is 3.87. The Labute approximate surface area is 115 Å². The number of hydrogen-bond donors (Lipinski definition) is 1. The van der Waals surface area contributed by atoms with E-state index in [1.165, 1.54) is 12.8 Å². The van der Waals surface area contributed by atoms with Crippen LogP contribution in [0.2, 0.25) is 0 Å². The van der Waals surface area contributed by atoms with Crippen LogP contribution in [0.1, 0.15) is 36.8 Å². The van der Waals surface area contributed by atoms with Crippen molar-refractivity contribution in [3.63, 3.8) is 0 Å². The summed E-state index contributed by atoms with van der Waals surface area (Å²) in [6.45, 7) is 2.05. The highest BCUT2D eigenvalue weighted by atomic mass is 16.5. The zero-order chi connectivity index (χ0) is 13.6. The zero-order valence-corrected chi connectivity index (χ0v) is 12.0. The Kier molecular flexibility index (Phi) is 3.06. The third-order valence-electron chi connectivity index (χ3n) is 4.96. The van der Waals surface area contributed by atoms with Crippen LogP contribution in [0, 0.1) is 6.92 Å². The second-order valence-electron chi connectivity index (χ2n) is 6.23. The van der Waals surface area contributed by atoms with E-state index in [0.29, 0.717) is 12.1 Å². The predicted molar refractivity (Wildman–Crippen MR) is 75.4 cm³/mol. The SMILES string of the molecule is COc1cc(C)cc(C2(O)CC3CCC(C2)N3C)c1. The number of rotatable bonds is 2. The van der Waals surface area contributed by atoms with Crippen LogP contribution in [-0.2, 0) is 5.60 Å². The molecular weight excluding hydrogens is 238 g/mol. The van der Waals surface area contributed by atoms with Crippen molar-refractivity contribution in [1.29, 1.82) is 0 Å². The van der Waals surface area contributed by atoms with E-state index in [-0.39, 0.29) is 0 Å². The van der Waals surface area contributed by atoms with Crippen molar-refractivity contribution in [1.82, 2.24) is 4.90 Å². The van der Waals surface area contributed by atoms with E-state index in [2.05, 4.69) is 24.9 Å². The van der Waals surface area contributed by atoms with Crippen LogP contribution in [0.3, 0.4) is 0 Å². The van der Waals surface area contributed by atoms with Crippen LogP contribution in [0.5, 0.6) is 5.75 Å². The second-order valence-corrected chi connectivity index (χ2v) is 6.23. The molecule has 2 unspecified atom stereocenters. The summed E-state index contributed by atoms with van der Waals surface area (Å²) in [5.41, 5.74) is 1.49. The molecule has 19 heavy (non-hydrogen) atoms. The Bertz CT molecular complexity index is 472. The van der Waals surface area contributed by atoms with Crippen LogP contribution in [0.25, 0.3) is 0 Å². The molecule has 3 nitrogen and oxygen atoms in total. The van der Waals surface area contributed by atoms with Gasteiger partial charge >= 0.3 is 0 Å². The molecular formula is C16H23NO2. The Morgan fingerprint density at radius 3 is 2.42 bits per heavy atom. The normalized spacial score (nSPS) is 34.5. The van der Waals surface area contributed by atoms with Gasteiger partial charge in [-0.05, 0) is 62.9 Å². The molecule has 0 spiro atoms. The monoisotopic (exact) mass is 261 g/mol. The molecule has 0 saturated carbocycles. The van der Waals surface area contributed by atoms with Gasteiger partial charge in [0.15, 0.2) is 0 Å². The maximum Gasteiger partial charge on any atom is 0.119 e. The first-order valence-corrected chi connectivity index (χ1v) is 7.12. The summed E-state index contributed by atoms with van der Waals surface area (Å²) >= 11 is 0.